The van der Waals surface area contributed by atoms with Crippen LogP contribution in [-0.4, -0.2) is 53.8 Å². The van der Waals surface area contributed by atoms with Gasteiger partial charge in [0.15, 0.2) is 12.3 Å². The summed E-state index contributed by atoms with van der Waals surface area (Å²) in [5, 5.41) is 8.99. The summed E-state index contributed by atoms with van der Waals surface area (Å²) in [6.07, 6.45) is 0. The molecule has 0 saturated heterocycles. The molecule has 3 aromatic rings. The number of thiophene rings is 1. The molecule has 2 heterocycles. The Morgan fingerprint density at radius 3 is 2.29 bits per heavy atom. The van der Waals surface area contributed by atoms with Gasteiger partial charge in [-0.1, -0.05) is 18.2 Å². The minimum atomic E-state index is -0.928. The molecule has 0 spiro atoms. The number of nitrogens with one attached hydrogen (secondary N) is 2. The van der Waals surface area contributed by atoms with Crippen LogP contribution in [0.15, 0.2) is 29.1 Å². The lowest BCUT2D eigenvalue weighted by Crippen LogP contribution is -2.23. The Morgan fingerprint density at radius 2 is 1.62 bits per heavy atom. The second-order valence-electron chi connectivity index (χ2n) is 6.77. The number of aromatic amines is 1. The number of esters is 3. The number of fused-ring (bicyclic) bond motifs is 1. The van der Waals surface area contributed by atoms with Crippen molar-refractivity contribution in [3.8, 4) is 0 Å². The largest absolute Gasteiger partial charge is 0.462 e. The lowest BCUT2D eigenvalue weighted by atomic mass is 10.1. The molecule has 0 saturated carbocycles. The summed E-state index contributed by atoms with van der Waals surface area (Å²) in [7, 11) is 0. The molecule has 1 aromatic carbocycles. The van der Waals surface area contributed by atoms with Crippen molar-refractivity contribution in [2.75, 3.05) is 25.1 Å². The zero-order chi connectivity index (χ0) is 24.8. The number of benzene rings is 1. The van der Waals surface area contributed by atoms with Gasteiger partial charge >= 0.3 is 17.9 Å². The summed E-state index contributed by atoms with van der Waals surface area (Å²) in [6, 6.07) is 6.32. The molecular weight excluding hydrogens is 466 g/mol. The van der Waals surface area contributed by atoms with E-state index < -0.39 is 36.0 Å². The van der Waals surface area contributed by atoms with Gasteiger partial charge in [-0.25, -0.2) is 19.5 Å². The summed E-state index contributed by atoms with van der Waals surface area (Å²) in [6.45, 7) is 4.33. The molecule has 0 aliphatic rings. The normalized spacial score (nSPS) is 10.6. The summed E-state index contributed by atoms with van der Waals surface area (Å²) in [5.74, 6) is -3.05. The summed E-state index contributed by atoms with van der Waals surface area (Å²) < 4.78 is 15.1. The molecule has 0 fully saturated rings. The van der Waals surface area contributed by atoms with E-state index in [0.717, 1.165) is 11.3 Å². The fourth-order valence-corrected chi connectivity index (χ4v) is 4.18. The highest BCUT2D eigenvalue weighted by Gasteiger charge is 2.27. The number of hydrogen-bond acceptors (Lipinski definition) is 10. The van der Waals surface area contributed by atoms with Gasteiger partial charge in [0.05, 0.1) is 24.2 Å². The van der Waals surface area contributed by atoms with Crippen molar-refractivity contribution in [2.24, 2.45) is 0 Å². The SMILES string of the molecule is CCOC(=O)c1sc(NC(=O)COC(=O)c2n[nH]c(=O)c3ccccc23)c(C(=O)OCC)c1C. The standard InChI is InChI=1S/C22H21N3O8S/c1-4-31-20(28)15-11(3)17(22(30)32-5-2)34-19(15)23-14(26)10-33-21(29)16-12-8-6-7-9-13(12)18(27)25-24-16/h6-9H,4-5,10H2,1-3H3,(H,23,26)(H,25,27). The van der Waals surface area contributed by atoms with Crippen LogP contribution < -0.4 is 10.9 Å². The van der Waals surface area contributed by atoms with Crippen LogP contribution in [0.2, 0.25) is 0 Å². The Bertz CT molecular complexity index is 1330. The molecule has 0 atom stereocenters. The first kappa shape index (κ1) is 24.6. The second-order valence-corrected chi connectivity index (χ2v) is 7.79. The molecule has 178 valence electrons. The number of nitrogens with zero attached hydrogens (tertiary/aromatic N) is 1. The average Bonchev–Trinajstić information content (AvgIpc) is 3.14. The van der Waals surface area contributed by atoms with Crippen molar-refractivity contribution in [1.82, 2.24) is 10.2 Å². The zero-order valence-corrected chi connectivity index (χ0v) is 19.4. The van der Waals surface area contributed by atoms with Crippen molar-refractivity contribution in [3.05, 3.63) is 56.3 Å². The van der Waals surface area contributed by atoms with Crippen LogP contribution in [0, 0.1) is 6.92 Å². The highest BCUT2D eigenvalue weighted by Crippen LogP contribution is 2.34. The summed E-state index contributed by atoms with van der Waals surface area (Å²) >= 11 is 0.851. The van der Waals surface area contributed by atoms with Crippen LogP contribution in [0.4, 0.5) is 5.00 Å². The van der Waals surface area contributed by atoms with Gasteiger partial charge in [0.2, 0.25) is 0 Å². The molecule has 11 nitrogen and oxygen atoms in total. The molecule has 3 rings (SSSR count). The predicted octanol–water partition coefficient (Wildman–Crippen LogP) is 2.44. The van der Waals surface area contributed by atoms with E-state index in [-0.39, 0.29) is 45.1 Å². The fraction of sp³-hybridized carbons (Fsp3) is 0.273. The zero-order valence-electron chi connectivity index (χ0n) is 18.6. The van der Waals surface area contributed by atoms with Gasteiger partial charge in [-0.05, 0) is 32.4 Å². The van der Waals surface area contributed by atoms with Gasteiger partial charge in [-0.3, -0.25) is 9.59 Å². The maximum absolute atomic E-state index is 12.5. The molecule has 0 aliphatic heterocycles. The third-order valence-electron chi connectivity index (χ3n) is 4.56. The van der Waals surface area contributed by atoms with E-state index in [9.17, 15) is 24.0 Å². The number of carbonyl (C=O) groups is 4. The molecule has 12 heteroatoms. The lowest BCUT2D eigenvalue weighted by molar-refractivity contribution is -0.119. The molecule has 0 aliphatic carbocycles. The first-order valence-corrected chi connectivity index (χ1v) is 11.0. The quantitative estimate of drug-likeness (QED) is 0.360. The third-order valence-corrected chi connectivity index (χ3v) is 5.75. The number of amides is 1. The average molecular weight is 487 g/mol. The van der Waals surface area contributed by atoms with Gasteiger partial charge in [0, 0.05) is 5.39 Å². The number of H-pyrrole nitrogens is 1. The van der Waals surface area contributed by atoms with Crippen LogP contribution >= 0.6 is 11.3 Å². The maximum Gasteiger partial charge on any atom is 0.359 e. The Balaban J connectivity index is 1.78. The molecule has 0 bridgehead atoms. The van der Waals surface area contributed by atoms with Crippen LogP contribution in [0.25, 0.3) is 10.8 Å². The minimum absolute atomic E-state index is 0.0166. The monoisotopic (exact) mass is 487 g/mol. The van der Waals surface area contributed by atoms with Crippen LogP contribution in [0.3, 0.4) is 0 Å². The molecule has 0 unspecified atom stereocenters. The Morgan fingerprint density at radius 1 is 0.971 bits per heavy atom. The van der Waals surface area contributed by atoms with E-state index in [1.54, 1.807) is 26.0 Å². The van der Waals surface area contributed by atoms with E-state index >= 15 is 0 Å². The van der Waals surface area contributed by atoms with Crippen molar-refractivity contribution in [1.29, 1.82) is 0 Å². The van der Waals surface area contributed by atoms with Gasteiger partial charge in [-0.2, -0.15) is 5.10 Å². The van der Waals surface area contributed by atoms with Crippen LogP contribution in [0.1, 0.15) is 49.9 Å². The molecule has 34 heavy (non-hydrogen) atoms. The van der Waals surface area contributed by atoms with Crippen LogP contribution in [-0.2, 0) is 19.0 Å². The van der Waals surface area contributed by atoms with Crippen molar-refractivity contribution in [3.63, 3.8) is 0 Å². The first-order valence-electron chi connectivity index (χ1n) is 10.2. The number of aromatic nitrogens is 2. The van der Waals surface area contributed by atoms with Crippen molar-refractivity contribution >= 4 is 50.9 Å². The second kappa shape index (κ2) is 10.7. The van der Waals surface area contributed by atoms with Gasteiger partial charge in [0.25, 0.3) is 11.5 Å². The van der Waals surface area contributed by atoms with E-state index in [4.69, 9.17) is 14.2 Å². The van der Waals surface area contributed by atoms with Gasteiger partial charge in [-0.15, -0.1) is 11.3 Å². The van der Waals surface area contributed by atoms with Gasteiger partial charge < -0.3 is 19.5 Å². The molecule has 1 amide bonds. The van der Waals surface area contributed by atoms with E-state index in [1.165, 1.54) is 19.1 Å². The van der Waals surface area contributed by atoms with Crippen molar-refractivity contribution in [2.45, 2.75) is 20.8 Å². The lowest BCUT2D eigenvalue weighted by Gasteiger charge is -2.08. The van der Waals surface area contributed by atoms with E-state index in [2.05, 4.69) is 15.5 Å². The Hall–Kier alpha value is -4.06. The van der Waals surface area contributed by atoms with Gasteiger partial charge in [0.1, 0.15) is 9.88 Å². The number of rotatable bonds is 8. The topological polar surface area (TPSA) is 154 Å². The maximum atomic E-state index is 12.5. The minimum Gasteiger partial charge on any atom is -0.462 e. The Labute approximate surface area is 197 Å². The molecule has 0 radical (unpaired) electrons. The third kappa shape index (κ3) is 5.12. The Kier molecular flexibility index (Phi) is 7.74. The molecule has 2 aromatic heterocycles. The summed E-state index contributed by atoms with van der Waals surface area (Å²) in [4.78, 5) is 61.6. The number of hydrogen-bond donors (Lipinski definition) is 2. The number of ether oxygens (including phenoxy) is 3. The smallest absolute Gasteiger partial charge is 0.359 e. The van der Waals surface area contributed by atoms with Crippen molar-refractivity contribution < 1.29 is 33.4 Å². The summed E-state index contributed by atoms with van der Waals surface area (Å²) in [5.41, 5.74) is -0.311. The highest BCUT2D eigenvalue weighted by molar-refractivity contribution is 7.18. The molecular formula is C22H21N3O8S. The fourth-order valence-electron chi connectivity index (χ4n) is 3.07. The van der Waals surface area contributed by atoms with E-state index in [0.29, 0.717) is 5.56 Å². The number of carbonyl (C=O) groups excluding carboxylic acids is 4. The van der Waals surface area contributed by atoms with Crippen LogP contribution in [0.5, 0.6) is 0 Å². The predicted molar refractivity (Wildman–Crippen MR) is 122 cm³/mol. The number of anilines is 1. The highest BCUT2D eigenvalue weighted by atomic mass is 32.1. The molecule has 2 N–H and O–H groups in total. The first-order chi connectivity index (χ1) is 16.3. The van der Waals surface area contributed by atoms with E-state index in [1.807, 2.05) is 0 Å².